The normalized spacial score (nSPS) is 40.9. The van der Waals surface area contributed by atoms with Gasteiger partial charge in [-0.15, -0.1) is 0 Å². The molecule has 3 atom stereocenters. The van der Waals surface area contributed by atoms with Crippen LogP contribution in [-0.4, -0.2) is 37.1 Å². The summed E-state index contributed by atoms with van der Waals surface area (Å²) in [5, 5.41) is 3.66. The van der Waals surface area contributed by atoms with Gasteiger partial charge in [0.05, 0.1) is 0 Å². The van der Waals surface area contributed by atoms with Crippen LogP contribution in [-0.2, 0) is 0 Å². The molecule has 3 fully saturated rings. The Kier molecular flexibility index (Phi) is 4.48. The Hall–Kier alpha value is -0.0800. The topological polar surface area (TPSA) is 15.3 Å². The number of nitrogens with one attached hydrogen (secondary N) is 1. The van der Waals surface area contributed by atoms with Crippen molar-refractivity contribution in [2.45, 2.75) is 70.8 Å². The summed E-state index contributed by atoms with van der Waals surface area (Å²) >= 11 is 0. The zero-order valence-corrected chi connectivity index (χ0v) is 12.8. The first-order chi connectivity index (χ1) is 9.33. The zero-order valence-electron chi connectivity index (χ0n) is 12.8. The number of hydrogen-bond donors (Lipinski definition) is 1. The Morgan fingerprint density at radius 3 is 2.74 bits per heavy atom. The van der Waals surface area contributed by atoms with E-state index >= 15 is 0 Å². The molecule has 0 radical (unpaired) electrons. The third-order valence-electron chi connectivity index (χ3n) is 6.21. The average Bonchev–Trinajstić information content (AvgIpc) is 2.49. The highest BCUT2D eigenvalue weighted by molar-refractivity contribution is 4.93. The maximum absolute atomic E-state index is 3.66. The van der Waals surface area contributed by atoms with Crippen LogP contribution in [0.4, 0.5) is 0 Å². The lowest BCUT2D eigenvalue weighted by Gasteiger charge is -2.49. The van der Waals surface area contributed by atoms with Crippen molar-refractivity contribution in [3.8, 4) is 0 Å². The molecular weight excluding hydrogens is 232 g/mol. The van der Waals surface area contributed by atoms with Gasteiger partial charge in [0.25, 0.3) is 0 Å². The number of rotatable bonds is 3. The Labute approximate surface area is 119 Å². The lowest BCUT2D eigenvalue weighted by molar-refractivity contribution is 0.0136. The zero-order chi connectivity index (χ0) is 13.1. The van der Waals surface area contributed by atoms with Crippen LogP contribution in [0, 0.1) is 11.3 Å². The molecule has 0 bridgehead atoms. The summed E-state index contributed by atoms with van der Waals surface area (Å²) < 4.78 is 0. The number of hydrogen-bond acceptors (Lipinski definition) is 2. The van der Waals surface area contributed by atoms with Crippen LogP contribution in [0.1, 0.15) is 64.7 Å². The van der Waals surface area contributed by atoms with Crippen LogP contribution in [0.25, 0.3) is 0 Å². The molecule has 2 nitrogen and oxygen atoms in total. The molecule has 1 N–H and O–H groups in total. The third-order valence-corrected chi connectivity index (χ3v) is 6.21. The number of fused-ring (bicyclic) bond motifs is 1. The summed E-state index contributed by atoms with van der Waals surface area (Å²) in [6.45, 7) is 7.67. The number of piperidine rings is 2. The maximum atomic E-state index is 3.66. The molecule has 1 saturated carbocycles. The molecule has 2 heterocycles. The van der Waals surface area contributed by atoms with Crippen molar-refractivity contribution in [3.05, 3.63) is 0 Å². The smallest absolute Gasteiger partial charge is 0.0124 e. The molecule has 0 aromatic rings. The second-order valence-electron chi connectivity index (χ2n) is 7.36. The molecule has 0 amide bonds. The largest absolute Gasteiger partial charge is 0.316 e. The minimum Gasteiger partial charge on any atom is -0.316 e. The monoisotopic (exact) mass is 264 g/mol. The van der Waals surface area contributed by atoms with Gasteiger partial charge in [-0.25, -0.2) is 0 Å². The second kappa shape index (κ2) is 6.13. The molecule has 19 heavy (non-hydrogen) atoms. The van der Waals surface area contributed by atoms with E-state index in [-0.39, 0.29) is 0 Å². The summed E-state index contributed by atoms with van der Waals surface area (Å²) in [4.78, 5) is 2.91. The Morgan fingerprint density at radius 2 is 1.95 bits per heavy atom. The van der Waals surface area contributed by atoms with E-state index in [9.17, 15) is 0 Å². The average molecular weight is 264 g/mol. The van der Waals surface area contributed by atoms with E-state index in [2.05, 4.69) is 17.1 Å². The summed E-state index contributed by atoms with van der Waals surface area (Å²) in [7, 11) is 0. The van der Waals surface area contributed by atoms with Gasteiger partial charge in [-0.05, 0) is 69.4 Å². The van der Waals surface area contributed by atoms with E-state index in [1.807, 2.05) is 0 Å². The van der Waals surface area contributed by atoms with Crippen LogP contribution >= 0.6 is 0 Å². The lowest BCUT2D eigenvalue weighted by Crippen LogP contribution is -2.54. The van der Waals surface area contributed by atoms with Crippen molar-refractivity contribution in [2.75, 3.05) is 26.2 Å². The molecule has 2 heteroatoms. The molecule has 3 aliphatic rings. The summed E-state index contributed by atoms with van der Waals surface area (Å²) in [6, 6.07) is 0.938. The first-order valence-electron chi connectivity index (χ1n) is 8.78. The summed E-state index contributed by atoms with van der Waals surface area (Å²) in [5.41, 5.74) is 0.581. The molecule has 2 saturated heterocycles. The molecule has 3 rings (SSSR count). The van der Waals surface area contributed by atoms with Gasteiger partial charge < -0.3 is 5.32 Å². The molecule has 0 spiro atoms. The van der Waals surface area contributed by atoms with Crippen LogP contribution in [0.15, 0.2) is 0 Å². The highest BCUT2D eigenvalue weighted by Crippen LogP contribution is 2.39. The predicted molar refractivity (Wildman–Crippen MR) is 81.4 cm³/mol. The quantitative estimate of drug-likeness (QED) is 0.840. The molecule has 110 valence electrons. The van der Waals surface area contributed by atoms with Crippen molar-refractivity contribution in [3.63, 3.8) is 0 Å². The van der Waals surface area contributed by atoms with Crippen molar-refractivity contribution in [2.24, 2.45) is 11.3 Å². The fraction of sp³-hybridized carbons (Fsp3) is 1.00. The lowest BCUT2D eigenvalue weighted by atomic mass is 9.74. The molecule has 0 aromatic heterocycles. The fourth-order valence-electron chi connectivity index (χ4n) is 4.93. The van der Waals surface area contributed by atoms with Gasteiger partial charge in [0.1, 0.15) is 0 Å². The maximum Gasteiger partial charge on any atom is 0.0124 e. The minimum absolute atomic E-state index is 0.581. The summed E-state index contributed by atoms with van der Waals surface area (Å²) in [5.74, 6) is 1.04. The Bertz CT molecular complexity index is 281. The van der Waals surface area contributed by atoms with E-state index in [0.717, 1.165) is 12.0 Å². The second-order valence-corrected chi connectivity index (χ2v) is 7.36. The van der Waals surface area contributed by atoms with Gasteiger partial charge in [0.2, 0.25) is 0 Å². The third kappa shape index (κ3) is 3.00. The van der Waals surface area contributed by atoms with Crippen molar-refractivity contribution in [1.82, 2.24) is 10.2 Å². The van der Waals surface area contributed by atoms with E-state index in [0.29, 0.717) is 5.41 Å². The number of likely N-dealkylation sites (tertiary alicyclic amines) is 1. The molecular formula is C17H32N2. The number of nitrogens with zero attached hydrogens (tertiary/aromatic N) is 1. The van der Waals surface area contributed by atoms with Crippen LogP contribution in [0.2, 0.25) is 0 Å². The molecule has 3 unspecified atom stereocenters. The van der Waals surface area contributed by atoms with Gasteiger partial charge in [-0.3, -0.25) is 4.90 Å². The van der Waals surface area contributed by atoms with E-state index in [4.69, 9.17) is 0 Å². The van der Waals surface area contributed by atoms with E-state index in [1.165, 1.54) is 84.0 Å². The molecule has 1 aliphatic carbocycles. The van der Waals surface area contributed by atoms with Gasteiger partial charge in [0, 0.05) is 19.1 Å². The fourth-order valence-corrected chi connectivity index (χ4v) is 4.93. The Morgan fingerprint density at radius 1 is 1.11 bits per heavy atom. The molecule has 0 aromatic carbocycles. The highest BCUT2D eigenvalue weighted by Gasteiger charge is 2.38. The van der Waals surface area contributed by atoms with E-state index in [1.54, 1.807) is 0 Å². The van der Waals surface area contributed by atoms with Gasteiger partial charge in [-0.2, -0.15) is 0 Å². The SMILES string of the molecule is CCC1(CN2CCCC3CCCCC32)CCCNC1. The Balaban J connectivity index is 1.66. The van der Waals surface area contributed by atoms with E-state index < -0.39 is 0 Å². The van der Waals surface area contributed by atoms with Crippen LogP contribution < -0.4 is 5.32 Å². The standard InChI is InChI=1S/C17H32N2/c1-2-17(10-6-11-18-13-17)14-19-12-5-8-15-7-3-4-9-16(15)19/h15-16,18H,2-14H2,1H3. The van der Waals surface area contributed by atoms with Crippen LogP contribution in [0.3, 0.4) is 0 Å². The molecule has 2 aliphatic heterocycles. The van der Waals surface area contributed by atoms with Gasteiger partial charge in [0.15, 0.2) is 0 Å². The van der Waals surface area contributed by atoms with Gasteiger partial charge >= 0.3 is 0 Å². The van der Waals surface area contributed by atoms with Crippen molar-refractivity contribution < 1.29 is 0 Å². The van der Waals surface area contributed by atoms with Crippen molar-refractivity contribution >= 4 is 0 Å². The predicted octanol–water partition coefficient (Wildman–Crippen LogP) is 3.42. The van der Waals surface area contributed by atoms with Gasteiger partial charge in [-0.1, -0.05) is 19.8 Å². The first kappa shape index (κ1) is 13.9. The first-order valence-corrected chi connectivity index (χ1v) is 8.78. The van der Waals surface area contributed by atoms with Crippen LogP contribution in [0.5, 0.6) is 0 Å². The summed E-state index contributed by atoms with van der Waals surface area (Å²) in [6.07, 6.45) is 13.1. The van der Waals surface area contributed by atoms with Crippen molar-refractivity contribution in [1.29, 1.82) is 0 Å². The highest BCUT2D eigenvalue weighted by atomic mass is 15.2. The minimum atomic E-state index is 0.581.